The molecule has 1 N–H and O–H groups in total. The SMILES string of the molecule is COc1ccc(NC(=O)C(C)N(C)Cc2ccccc2C(F)(F)F)cc1. The monoisotopic (exact) mass is 366 g/mol. The molecule has 0 aliphatic rings. The number of amides is 1. The molecule has 26 heavy (non-hydrogen) atoms. The lowest BCUT2D eigenvalue weighted by atomic mass is 10.1. The third kappa shape index (κ3) is 4.98. The van der Waals surface area contributed by atoms with E-state index in [-0.39, 0.29) is 18.0 Å². The van der Waals surface area contributed by atoms with Crippen LogP contribution in [0.4, 0.5) is 18.9 Å². The van der Waals surface area contributed by atoms with Crippen molar-refractivity contribution in [3.63, 3.8) is 0 Å². The Bertz CT molecular complexity index is 745. The van der Waals surface area contributed by atoms with Crippen molar-refractivity contribution in [2.24, 2.45) is 0 Å². The fraction of sp³-hybridized carbons (Fsp3) is 0.316. The normalized spacial score (nSPS) is 12.7. The van der Waals surface area contributed by atoms with Crippen LogP contribution in [0.5, 0.6) is 5.75 Å². The average molecular weight is 366 g/mol. The van der Waals surface area contributed by atoms with Gasteiger partial charge in [-0.05, 0) is 49.9 Å². The molecule has 1 atom stereocenters. The maximum Gasteiger partial charge on any atom is 0.416 e. The second-order valence-electron chi connectivity index (χ2n) is 5.96. The maximum absolute atomic E-state index is 13.1. The Morgan fingerprint density at radius 1 is 1.15 bits per heavy atom. The number of halogens is 3. The quantitative estimate of drug-likeness (QED) is 0.834. The lowest BCUT2D eigenvalue weighted by molar-refractivity contribution is -0.138. The number of nitrogens with one attached hydrogen (secondary N) is 1. The largest absolute Gasteiger partial charge is 0.497 e. The highest BCUT2D eigenvalue weighted by atomic mass is 19.4. The first-order chi connectivity index (χ1) is 12.2. The van der Waals surface area contributed by atoms with Crippen LogP contribution in [0.25, 0.3) is 0 Å². The van der Waals surface area contributed by atoms with Gasteiger partial charge in [0.25, 0.3) is 0 Å². The lowest BCUT2D eigenvalue weighted by Gasteiger charge is -2.25. The number of hydrogen-bond donors (Lipinski definition) is 1. The van der Waals surface area contributed by atoms with Gasteiger partial charge in [-0.25, -0.2) is 0 Å². The van der Waals surface area contributed by atoms with Gasteiger partial charge in [-0.3, -0.25) is 9.69 Å². The summed E-state index contributed by atoms with van der Waals surface area (Å²) in [4.78, 5) is 13.9. The number of benzene rings is 2. The zero-order valence-electron chi connectivity index (χ0n) is 14.8. The highest BCUT2D eigenvalue weighted by Gasteiger charge is 2.33. The summed E-state index contributed by atoms with van der Waals surface area (Å²) in [6.07, 6.45) is -4.42. The smallest absolute Gasteiger partial charge is 0.416 e. The summed E-state index contributed by atoms with van der Waals surface area (Å²) in [7, 11) is 3.16. The van der Waals surface area contributed by atoms with Crippen molar-refractivity contribution in [2.45, 2.75) is 25.7 Å². The minimum atomic E-state index is -4.42. The summed E-state index contributed by atoms with van der Waals surface area (Å²) < 4.78 is 44.4. The summed E-state index contributed by atoms with van der Waals surface area (Å²) in [5, 5.41) is 2.75. The van der Waals surface area contributed by atoms with Gasteiger partial charge in [0.05, 0.1) is 18.7 Å². The molecule has 7 heteroatoms. The molecule has 0 bridgehead atoms. The molecule has 2 aromatic carbocycles. The second-order valence-corrected chi connectivity index (χ2v) is 5.96. The fourth-order valence-corrected chi connectivity index (χ4v) is 2.46. The van der Waals surface area contributed by atoms with Crippen molar-refractivity contribution < 1.29 is 22.7 Å². The zero-order valence-corrected chi connectivity index (χ0v) is 14.8. The molecule has 0 aliphatic carbocycles. The van der Waals surface area contributed by atoms with Crippen LogP contribution in [0.2, 0.25) is 0 Å². The average Bonchev–Trinajstić information content (AvgIpc) is 2.61. The number of anilines is 1. The molecule has 0 fully saturated rings. The zero-order chi connectivity index (χ0) is 19.3. The van der Waals surface area contributed by atoms with E-state index in [2.05, 4.69) is 5.32 Å². The number of likely N-dealkylation sites (N-methyl/N-ethyl adjacent to an activating group) is 1. The summed E-state index contributed by atoms with van der Waals surface area (Å²) in [5.41, 5.74) is 0.0351. The van der Waals surface area contributed by atoms with Gasteiger partial charge in [-0.15, -0.1) is 0 Å². The molecule has 2 aromatic rings. The molecule has 0 aromatic heterocycles. The molecule has 4 nitrogen and oxygen atoms in total. The first-order valence-corrected chi connectivity index (χ1v) is 8.02. The number of hydrogen-bond acceptors (Lipinski definition) is 3. The van der Waals surface area contributed by atoms with Crippen molar-refractivity contribution in [2.75, 3.05) is 19.5 Å². The number of carbonyl (C=O) groups is 1. The topological polar surface area (TPSA) is 41.6 Å². The number of methoxy groups -OCH3 is 1. The van der Waals surface area contributed by atoms with E-state index in [1.165, 1.54) is 12.1 Å². The van der Waals surface area contributed by atoms with Crippen LogP contribution in [0.3, 0.4) is 0 Å². The van der Waals surface area contributed by atoms with Gasteiger partial charge in [-0.1, -0.05) is 18.2 Å². The molecule has 0 spiro atoms. The number of nitrogens with zero attached hydrogens (tertiary/aromatic N) is 1. The van der Waals surface area contributed by atoms with Gasteiger partial charge in [0.1, 0.15) is 5.75 Å². The minimum Gasteiger partial charge on any atom is -0.497 e. The third-order valence-corrected chi connectivity index (χ3v) is 4.14. The minimum absolute atomic E-state index is 0.00683. The fourth-order valence-electron chi connectivity index (χ4n) is 2.46. The summed E-state index contributed by atoms with van der Waals surface area (Å²) in [5.74, 6) is 0.360. The van der Waals surface area contributed by atoms with E-state index in [1.807, 2.05) is 0 Å². The van der Waals surface area contributed by atoms with E-state index in [0.717, 1.165) is 6.07 Å². The van der Waals surface area contributed by atoms with Crippen molar-refractivity contribution >= 4 is 11.6 Å². The van der Waals surface area contributed by atoms with Crippen LogP contribution in [-0.2, 0) is 17.5 Å². The van der Waals surface area contributed by atoms with Crippen LogP contribution >= 0.6 is 0 Å². The van der Waals surface area contributed by atoms with Gasteiger partial charge in [0.15, 0.2) is 0 Å². The molecule has 2 rings (SSSR count). The van der Waals surface area contributed by atoms with E-state index in [4.69, 9.17) is 4.74 Å². The van der Waals surface area contributed by atoms with Crippen molar-refractivity contribution in [1.82, 2.24) is 4.90 Å². The van der Waals surface area contributed by atoms with E-state index >= 15 is 0 Å². The van der Waals surface area contributed by atoms with Gasteiger partial charge in [0, 0.05) is 12.2 Å². The number of rotatable bonds is 6. The molecule has 1 amide bonds. The van der Waals surface area contributed by atoms with Gasteiger partial charge >= 0.3 is 6.18 Å². The molecular formula is C19H21F3N2O2. The third-order valence-electron chi connectivity index (χ3n) is 4.14. The summed E-state index contributed by atoms with van der Waals surface area (Å²) >= 11 is 0. The highest BCUT2D eigenvalue weighted by molar-refractivity contribution is 5.94. The molecule has 1 unspecified atom stereocenters. The van der Waals surface area contributed by atoms with Crippen LogP contribution in [0, 0.1) is 0 Å². The van der Waals surface area contributed by atoms with Crippen LogP contribution in [0.1, 0.15) is 18.1 Å². The summed E-state index contributed by atoms with van der Waals surface area (Å²) in [6, 6.07) is 11.6. The highest BCUT2D eigenvalue weighted by Crippen LogP contribution is 2.32. The van der Waals surface area contributed by atoms with Crippen LogP contribution in [0.15, 0.2) is 48.5 Å². The lowest BCUT2D eigenvalue weighted by Crippen LogP contribution is -2.39. The molecule has 0 saturated carbocycles. The number of ether oxygens (including phenoxy) is 1. The van der Waals surface area contributed by atoms with Crippen molar-refractivity contribution in [3.8, 4) is 5.75 Å². The van der Waals surface area contributed by atoms with E-state index in [0.29, 0.717) is 11.4 Å². The predicted octanol–water partition coefficient (Wildman–Crippen LogP) is 4.17. The Kier molecular flexibility index (Phi) is 6.26. The van der Waals surface area contributed by atoms with E-state index in [1.54, 1.807) is 56.3 Å². The second kappa shape index (κ2) is 8.23. The molecule has 140 valence electrons. The Hall–Kier alpha value is -2.54. The molecule has 0 saturated heterocycles. The number of alkyl halides is 3. The van der Waals surface area contributed by atoms with Crippen molar-refractivity contribution in [3.05, 3.63) is 59.7 Å². The van der Waals surface area contributed by atoms with Crippen LogP contribution < -0.4 is 10.1 Å². The Balaban J connectivity index is 2.05. The molecule has 0 radical (unpaired) electrons. The molecular weight excluding hydrogens is 345 g/mol. The molecule has 0 heterocycles. The summed E-state index contributed by atoms with van der Waals surface area (Å²) in [6.45, 7) is 1.65. The van der Waals surface area contributed by atoms with E-state index in [9.17, 15) is 18.0 Å². The predicted molar refractivity (Wildman–Crippen MR) is 94.0 cm³/mol. The van der Waals surface area contributed by atoms with Gasteiger partial charge in [0.2, 0.25) is 5.91 Å². The Morgan fingerprint density at radius 3 is 2.35 bits per heavy atom. The van der Waals surface area contributed by atoms with Gasteiger partial charge in [-0.2, -0.15) is 13.2 Å². The maximum atomic E-state index is 13.1. The first kappa shape index (κ1) is 19.8. The van der Waals surface area contributed by atoms with E-state index < -0.39 is 17.8 Å². The Morgan fingerprint density at radius 2 is 1.77 bits per heavy atom. The van der Waals surface area contributed by atoms with Gasteiger partial charge < -0.3 is 10.1 Å². The molecule has 0 aliphatic heterocycles. The van der Waals surface area contributed by atoms with Crippen LogP contribution in [-0.4, -0.2) is 31.0 Å². The standard InChI is InChI=1S/C19H21F3N2O2/c1-13(18(25)23-15-8-10-16(26-3)11-9-15)24(2)12-14-6-4-5-7-17(14)19(20,21)22/h4-11,13H,12H2,1-3H3,(H,23,25). The van der Waals surface area contributed by atoms with Crippen molar-refractivity contribution in [1.29, 1.82) is 0 Å². The first-order valence-electron chi connectivity index (χ1n) is 8.02. The number of carbonyl (C=O) groups excluding carboxylic acids is 1. The Labute approximate surface area is 150 Å².